The summed E-state index contributed by atoms with van der Waals surface area (Å²) in [5.74, 6) is -0.177. The van der Waals surface area contributed by atoms with Gasteiger partial charge >= 0.3 is 0 Å². The maximum Gasteiger partial charge on any atom is 0.248 e. The van der Waals surface area contributed by atoms with Crippen LogP contribution in [-0.2, 0) is 9.59 Å². The van der Waals surface area contributed by atoms with Crippen molar-refractivity contribution in [2.24, 2.45) is 0 Å². The van der Waals surface area contributed by atoms with E-state index < -0.39 is 6.04 Å². The minimum atomic E-state index is -0.400. The van der Waals surface area contributed by atoms with Gasteiger partial charge in [-0.3, -0.25) is 14.3 Å². The molecule has 23 heavy (non-hydrogen) atoms. The van der Waals surface area contributed by atoms with E-state index in [4.69, 9.17) is 0 Å². The molecule has 2 amide bonds. The van der Waals surface area contributed by atoms with Crippen LogP contribution in [0.1, 0.15) is 31.3 Å². The molecule has 0 bridgehead atoms. The number of hydrogen-bond donors (Lipinski definition) is 1. The maximum absolute atomic E-state index is 12.4. The van der Waals surface area contributed by atoms with Gasteiger partial charge < -0.3 is 10.2 Å². The lowest BCUT2D eigenvalue weighted by Gasteiger charge is -2.17. The van der Waals surface area contributed by atoms with Gasteiger partial charge in [0.1, 0.15) is 6.04 Å². The molecule has 6 heteroatoms. The Hall–Kier alpha value is -2.63. The average Bonchev–Trinajstić information content (AvgIpc) is 2.85. The topological polar surface area (TPSA) is 67.2 Å². The molecular weight excluding hydrogens is 292 g/mol. The van der Waals surface area contributed by atoms with E-state index in [1.165, 1.54) is 6.92 Å². The van der Waals surface area contributed by atoms with Gasteiger partial charge in [-0.2, -0.15) is 5.10 Å². The summed E-state index contributed by atoms with van der Waals surface area (Å²) in [5.41, 5.74) is 3.30. The molecule has 0 spiro atoms. The van der Waals surface area contributed by atoms with Crippen LogP contribution < -0.4 is 10.2 Å². The quantitative estimate of drug-likeness (QED) is 0.943. The van der Waals surface area contributed by atoms with Crippen molar-refractivity contribution >= 4 is 23.2 Å². The molecule has 1 unspecified atom stereocenters. The molecule has 1 aromatic heterocycles. The standard InChI is InChI=1S/C17H22N4O2/c1-11-10-12(2)21(19-11)13(3)17(23)18-15-6-8-16(9-7-15)20(5)14(4)22/h6-10,13H,1-5H3,(H,18,23). The van der Waals surface area contributed by atoms with Crippen LogP contribution in [0.4, 0.5) is 11.4 Å². The molecule has 0 aliphatic carbocycles. The molecule has 1 atom stereocenters. The maximum atomic E-state index is 12.4. The Morgan fingerprint density at radius 1 is 1.22 bits per heavy atom. The number of benzene rings is 1. The van der Waals surface area contributed by atoms with Crippen molar-refractivity contribution in [2.75, 3.05) is 17.3 Å². The zero-order valence-corrected chi connectivity index (χ0v) is 14.1. The van der Waals surface area contributed by atoms with E-state index in [9.17, 15) is 9.59 Å². The average molecular weight is 314 g/mol. The number of anilines is 2. The Bertz CT molecular complexity index is 719. The zero-order valence-electron chi connectivity index (χ0n) is 14.1. The second kappa shape index (κ2) is 6.64. The van der Waals surface area contributed by atoms with Gasteiger partial charge in [-0.05, 0) is 51.1 Å². The van der Waals surface area contributed by atoms with Crippen molar-refractivity contribution in [3.8, 4) is 0 Å². The van der Waals surface area contributed by atoms with Crippen LogP contribution in [0.15, 0.2) is 30.3 Å². The molecule has 0 saturated carbocycles. The van der Waals surface area contributed by atoms with Gasteiger partial charge in [0.25, 0.3) is 0 Å². The lowest BCUT2D eigenvalue weighted by atomic mass is 10.2. The minimum Gasteiger partial charge on any atom is -0.324 e. The number of carbonyl (C=O) groups excluding carboxylic acids is 2. The Labute approximate surface area is 136 Å². The highest BCUT2D eigenvalue weighted by Gasteiger charge is 2.18. The molecular formula is C17H22N4O2. The SMILES string of the molecule is CC(=O)N(C)c1ccc(NC(=O)C(C)n2nc(C)cc2C)cc1. The van der Waals surface area contributed by atoms with Crippen molar-refractivity contribution in [2.45, 2.75) is 33.7 Å². The van der Waals surface area contributed by atoms with Crippen molar-refractivity contribution < 1.29 is 9.59 Å². The number of nitrogens with one attached hydrogen (secondary N) is 1. The smallest absolute Gasteiger partial charge is 0.248 e. The third-order valence-corrected chi connectivity index (χ3v) is 3.79. The second-order valence-corrected chi connectivity index (χ2v) is 5.66. The van der Waals surface area contributed by atoms with E-state index in [2.05, 4.69) is 10.4 Å². The minimum absolute atomic E-state index is 0.0417. The Morgan fingerprint density at radius 3 is 2.30 bits per heavy atom. The third-order valence-electron chi connectivity index (χ3n) is 3.79. The fourth-order valence-electron chi connectivity index (χ4n) is 2.35. The molecule has 1 aromatic carbocycles. The van der Waals surface area contributed by atoms with Gasteiger partial charge in [0.2, 0.25) is 11.8 Å². The lowest BCUT2D eigenvalue weighted by molar-refractivity contribution is -0.119. The van der Waals surface area contributed by atoms with E-state index in [0.717, 1.165) is 17.1 Å². The number of hydrogen-bond acceptors (Lipinski definition) is 3. The fourth-order valence-corrected chi connectivity index (χ4v) is 2.35. The first-order chi connectivity index (χ1) is 10.8. The molecule has 6 nitrogen and oxygen atoms in total. The van der Waals surface area contributed by atoms with Gasteiger partial charge in [-0.25, -0.2) is 0 Å². The van der Waals surface area contributed by atoms with Crippen LogP contribution >= 0.6 is 0 Å². The van der Waals surface area contributed by atoms with Gasteiger partial charge in [-0.15, -0.1) is 0 Å². The van der Waals surface area contributed by atoms with Crippen molar-refractivity contribution in [1.82, 2.24) is 9.78 Å². The highest BCUT2D eigenvalue weighted by molar-refractivity contribution is 5.94. The Morgan fingerprint density at radius 2 is 1.83 bits per heavy atom. The lowest BCUT2D eigenvalue weighted by Crippen LogP contribution is -2.25. The van der Waals surface area contributed by atoms with Crippen molar-refractivity contribution in [3.05, 3.63) is 41.7 Å². The Balaban J connectivity index is 2.08. The largest absolute Gasteiger partial charge is 0.324 e. The van der Waals surface area contributed by atoms with E-state index in [0.29, 0.717) is 5.69 Å². The zero-order chi connectivity index (χ0) is 17.1. The normalized spacial score (nSPS) is 11.9. The van der Waals surface area contributed by atoms with E-state index in [-0.39, 0.29) is 11.8 Å². The third kappa shape index (κ3) is 3.77. The summed E-state index contributed by atoms with van der Waals surface area (Å²) in [6, 6.07) is 8.69. The summed E-state index contributed by atoms with van der Waals surface area (Å²) in [6.07, 6.45) is 0. The molecule has 2 aromatic rings. The second-order valence-electron chi connectivity index (χ2n) is 5.66. The number of rotatable bonds is 4. The van der Waals surface area contributed by atoms with Crippen molar-refractivity contribution in [1.29, 1.82) is 0 Å². The monoisotopic (exact) mass is 314 g/mol. The highest BCUT2D eigenvalue weighted by atomic mass is 16.2. The summed E-state index contributed by atoms with van der Waals surface area (Å²) in [6.45, 7) is 7.15. The van der Waals surface area contributed by atoms with Crippen LogP contribution in [-0.4, -0.2) is 28.6 Å². The fraction of sp³-hybridized carbons (Fsp3) is 0.353. The predicted molar refractivity (Wildman–Crippen MR) is 90.6 cm³/mol. The summed E-state index contributed by atoms with van der Waals surface area (Å²) in [5, 5.41) is 7.21. The first kappa shape index (κ1) is 16.7. The van der Waals surface area contributed by atoms with E-state index in [1.807, 2.05) is 26.8 Å². The van der Waals surface area contributed by atoms with Crippen LogP contribution in [0.5, 0.6) is 0 Å². The molecule has 122 valence electrons. The molecule has 2 rings (SSSR count). The molecule has 0 aliphatic rings. The first-order valence-corrected chi connectivity index (χ1v) is 7.47. The highest BCUT2D eigenvalue weighted by Crippen LogP contribution is 2.19. The molecule has 0 radical (unpaired) electrons. The number of aromatic nitrogens is 2. The van der Waals surface area contributed by atoms with Crippen molar-refractivity contribution in [3.63, 3.8) is 0 Å². The first-order valence-electron chi connectivity index (χ1n) is 7.47. The summed E-state index contributed by atoms with van der Waals surface area (Å²) < 4.78 is 1.71. The van der Waals surface area contributed by atoms with Gasteiger partial charge in [0.05, 0.1) is 5.69 Å². The summed E-state index contributed by atoms with van der Waals surface area (Å²) in [4.78, 5) is 25.2. The number of aryl methyl sites for hydroxylation is 2. The van der Waals surface area contributed by atoms with Crippen LogP contribution in [0.25, 0.3) is 0 Å². The Kier molecular flexibility index (Phi) is 4.83. The molecule has 0 fully saturated rings. The van der Waals surface area contributed by atoms with Crippen LogP contribution in [0.2, 0.25) is 0 Å². The molecule has 1 heterocycles. The molecule has 0 saturated heterocycles. The number of carbonyl (C=O) groups is 2. The van der Waals surface area contributed by atoms with Crippen LogP contribution in [0, 0.1) is 13.8 Å². The number of amides is 2. The van der Waals surface area contributed by atoms with Gasteiger partial charge in [0, 0.05) is 31.0 Å². The predicted octanol–water partition coefficient (Wildman–Crippen LogP) is 2.68. The van der Waals surface area contributed by atoms with E-state index >= 15 is 0 Å². The molecule has 1 N–H and O–H groups in total. The van der Waals surface area contributed by atoms with Gasteiger partial charge in [-0.1, -0.05) is 0 Å². The van der Waals surface area contributed by atoms with Gasteiger partial charge in [0.15, 0.2) is 0 Å². The van der Waals surface area contributed by atoms with E-state index in [1.54, 1.807) is 40.9 Å². The van der Waals surface area contributed by atoms with Crippen LogP contribution in [0.3, 0.4) is 0 Å². The summed E-state index contributed by atoms with van der Waals surface area (Å²) in [7, 11) is 1.71. The number of nitrogens with zero attached hydrogens (tertiary/aromatic N) is 3. The summed E-state index contributed by atoms with van der Waals surface area (Å²) >= 11 is 0. The molecule has 0 aliphatic heterocycles.